The molecule has 1 saturated heterocycles. The Hall–Kier alpha value is -0.740. The highest BCUT2D eigenvalue weighted by atomic mass is 79.9. The molecule has 1 aromatic rings. The summed E-state index contributed by atoms with van der Waals surface area (Å²) >= 11 is 3.45. The Kier molecular flexibility index (Phi) is 4.51. The van der Waals surface area contributed by atoms with Crippen molar-refractivity contribution in [1.29, 1.82) is 0 Å². The maximum Gasteiger partial charge on any atom is 0.0600 e. The van der Waals surface area contributed by atoms with E-state index in [4.69, 9.17) is 5.73 Å². The Morgan fingerprint density at radius 3 is 2.61 bits per heavy atom. The molecule has 0 spiro atoms. The number of nitrogens with zero attached hydrogens (tertiary/aromatic N) is 2. The molecule has 1 aliphatic heterocycles. The van der Waals surface area contributed by atoms with E-state index in [1.54, 1.807) is 0 Å². The van der Waals surface area contributed by atoms with Crippen LogP contribution in [0.2, 0.25) is 0 Å². The van der Waals surface area contributed by atoms with Crippen LogP contribution in [0.3, 0.4) is 0 Å². The van der Waals surface area contributed by atoms with Crippen LogP contribution in [-0.4, -0.2) is 37.6 Å². The highest BCUT2D eigenvalue weighted by Crippen LogP contribution is 2.29. The topological polar surface area (TPSA) is 32.5 Å². The zero-order chi connectivity index (χ0) is 13.1. The van der Waals surface area contributed by atoms with E-state index < -0.39 is 0 Å². The first-order valence-electron chi connectivity index (χ1n) is 6.62. The average molecular weight is 312 g/mol. The van der Waals surface area contributed by atoms with Gasteiger partial charge < -0.3 is 15.5 Å². The van der Waals surface area contributed by atoms with Crippen LogP contribution in [0.5, 0.6) is 0 Å². The Morgan fingerprint density at radius 1 is 1.39 bits per heavy atom. The number of halogens is 1. The Morgan fingerprint density at radius 2 is 2.06 bits per heavy atom. The van der Waals surface area contributed by atoms with Gasteiger partial charge in [-0.2, -0.15) is 0 Å². The fraction of sp³-hybridized carbons (Fsp3) is 0.571. The molecule has 4 heteroatoms. The molecule has 100 valence electrons. The molecule has 0 aliphatic carbocycles. The number of rotatable bonds is 3. The van der Waals surface area contributed by atoms with Gasteiger partial charge in [0, 0.05) is 30.7 Å². The average Bonchev–Trinajstić information content (AvgIpc) is 2.38. The molecule has 0 amide bonds. The van der Waals surface area contributed by atoms with Crippen LogP contribution < -0.4 is 10.6 Å². The van der Waals surface area contributed by atoms with Crippen molar-refractivity contribution >= 4 is 27.3 Å². The zero-order valence-electron chi connectivity index (χ0n) is 11.2. The smallest absolute Gasteiger partial charge is 0.0600 e. The standard InChI is InChI=1S/C14H22BrN3/c1-3-18-8-6-12(7-9-18)17(2)14-5-4-11(15)10-13(14)16/h4-5,10,12H,3,6-9,16H2,1-2H3. The molecular weight excluding hydrogens is 290 g/mol. The summed E-state index contributed by atoms with van der Waals surface area (Å²) in [6.45, 7) is 5.79. The Balaban J connectivity index is 2.05. The zero-order valence-corrected chi connectivity index (χ0v) is 12.8. The van der Waals surface area contributed by atoms with E-state index in [0.717, 1.165) is 22.4 Å². The van der Waals surface area contributed by atoms with Gasteiger partial charge in [0.05, 0.1) is 11.4 Å². The minimum atomic E-state index is 0.608. The third-order valence-electron chi connectivity index (χ3n) is 3.92. The molecule has 1 heterocycles. The SMILES string of the molecule is CCN1CCC(N(C)c2ccc(Br)cc2N)CC1. The summed E-state index contributed by atoms with van der Waals surface area (Å²) in [5.74, 6) is 0. The van der Waals surface area contributed by atoms with Crippen molar-refractivity contribution in [3.05, 3.63) is 22.7 Å². The van der Waals surface area contributed by atoms with Gasteiger partial charge in [0.25, 0.3) is 0 Å². The molecular formula is C14H22BrN3. The van der Waals surface area contributed by atoms with Gasteiger partial charge in [-0.3, -0.25) is 0 Å². The lowest BCUT2D eigenvalue weighted by Gasteiger charge is -2.37. The number of piperidine rings is 1. The minimum Gasteiger partial charge on any atom is -0.397 e. The third kappa shape index (κ3) is 2.98. The first-order valence-corrected chi connectivity index (χ1v) is 7.41. The van der Waals surface area contributed by atoms with E-state index in [1.165, 1.54) is 25.9 Å². The van der Waals surface area contributed by atoms with Crippen LogP contribution in [0, 0.1) is 0 Å². The summed E-state index contributed by atoms with van der Waals surface area (Å²) in [5.41, 5.74) is 8.10. The third-order valence-corrected chi connectivity index (χ3v) is 4.41. The van der Waals surface area contributed by atoms with E-state index in [1.807, 2.05) is 6.07 Å². The number of likely N-dealkylation sites (tertiary alicyclic amines) is 1. The molecule has 0 atom stereocenters. The summed E-state index contributed by atoms with van der Waals surface area (Å²) in [6.07, 6.45) is 2.44. The fourth-order valence-corrected chi connectivity index (χ4v) is 3.04. The van der Waals surface area contributed by atoms with Gasteiger partial charge >= 0.3 is 0 Å². The molecule has 0 unspecified atom stereocenters. The first kappa shape index (κ1) is 13.7. The van der Waals surface area contributed by atoms with Crippen molar-refractivity contribution in [1.82, 2.24) is 4.90 Å². The summed E-state index contributed by atoms with van der Waals surface area (Å²) in [5, 5.41) is 0. The molecule has 3 nitrogen and oxygen atoms in total. The van der Waals surface area contributed by atoms with Crippen molar-refractivity contribution in [2.24, 2.45) is 0 Å². The summed E-state index contributed by atoms with van der Waals surface area (Å²) in [7, 11) is 2.16. The number of nitrogens with two attached hydrogens (primary N) is 1. The maximum atomic E-state index is 6.10. The van der Waals surface area contributed by atoms with Gasteiger partial charge in [-0.15, -0.1) is 0 Å². The molecule has 1 aromatic carbocycles. The number of anilines is 2. The van der Waals surface area contributed by atoms with Gasteiger partial charge in [-0.1, -0.05) is 22.9 Å². The normalized spacial score (nSPS) is 17.9. The fourth-order valence-electron chi connectivity index (χ4n) is 2.67. The van der Waals surface area contributed by atoms with Crippen molar-refractivity contribution in [3.8, 4) is 0 Å². The van der Waals surface area contributed by atoms with Gasteiger partial charge in [0.1, 0.15) is 0 Å². The van der Waals surface area contributed by atoms with Crippen LogP contribution in [0.15, 0.2) is 22.7 Å². The maximum absolute atomic E-state index is 6.10. The first-order chi connectivity index (χ1) is 8.61. The molecule has 2 N–H and O–H groups in total. The van der Waals surface area contributed by atoms with Crippen molar-refractivity contribution in [2.75, 3.05) is 37.3 Å². The van der Waals surface area contributed by atoms with Crippen molar-refractivity contribution < 1.29 is 0 Å². The Labute approximate surface area is 118 Å². The second-order valence-electron chi connectivity index (χ2n) is 4.98. The predicted molar refractivity (Wildman–Crippen MR) is 82.1 cm³/mol. The largest absolute Gasteiger partial charge is 0.397 e. The van der Waals surface area contributed by atoms with Gasteiger partial charge in [0.15, 0.2) is 0 Å². The van der Waals surface area contributed by atoms with E-state index in [2.05, 4.69) is 51.8 Å². The van der Waals surface area contributed by atoms with E-state index in [9.17, 15) is 0 Å². The van der Waals surface area contributed by atoms with Crippen LogP contribution in [-0.2, 0) is 0 Å². The molecule has 18 heavy (non-hydrogen) atoms. The van der Waals surface area contributed by atoms with Gasteiger partial charge in [0.2, 0.25) is 0 Å². The Bertz CT molecular complexity index is 400. The number of hydrogen-bond donors (Lipinski definition) is 1. The summed E-state index contributed by atoms with van der Waals surface area (Å²) in [4.78, 5) is 4.85. The van der Waals surface area contributed by atoms with E-state index in [-0.39, 0.29) is 0 Å². The van der Waals surface area contributed by atoms with Gasteiger partial charge in [-0.25, -0.2) is 0 Å². The molecule has 2 rings (SSSR count). The van der Waals surface area contributed by atoms with E-state index >= 15 is 0 Å². The highest BCUT2D eigenvalue weighted by molar-refractivity contribution is 9.10. The van der Waals surface area contributed by atoms with Crippen molar-refractivity contribution in [3.63, 3.8) is 0 Å². The lowest BCUT2D eigenvalue weighted by molar-refractivity contribution is 0.221. The highest BCUT2D eigenvalue weighted by Gasteiger charge is 2.22. The predicted octanol–water partition coefficient (Wildman–Crippen LogP) is 2.95. The molecule has 1 aliphatic rings. The number of benzene rings is 1. The van der Waals surface area contributed by atoms with Crippen LogP contribution in [0.1, 0.15) is 19.8 Å². The van der Waals surface area contributed by atoms with Crippen LogP contribution >= 0.6 is 15.9 Å². The van der Waals surface area contributed by atoms with Gasteiger partial charge in [-0.05, 0) is 37.6 Å². The minimum absolute atomic E-state index is 0.608. The van der Waals surface area contributed by atoms with E-state index in [0.29, 0.717) is 6.04 Å². The second-order valence-corrected chi connectivity index (χ2v) is 5.90. The van der Waals surface area contributed by atoms with Crippen LogP contribution in [0.4, 0.5) is 11.4 Å². The molecule has 0 saturated carbocycles. The number of nitrogen functional groups attached to an aromatic ring is 1. The molecule has 0 bridgehead atoms. The second kappa shape index (κ2) is 5.93. The van der Waals surface area contributed by atoms with Crippen molar-refractivity contribution in [2.45, 2.75) is 25.8 Å². The molecule has 0 aromatic heterocycles. The lowest BCUT2D eigenvalue weighted by atomic mass is 10.0. The monoisotopic (exact) mass is 311 g/mol. The summed E-state index contributed by atoms with van der Waals surface area (Å²) in [6, 6.07) is 6.75. The quantitative estimate of drug-likeness (QED) is 0.871. The number of hydrogen-bond acceptors (Lipinski definition) is 3. The lowest BCUT2D eigenvalue weighted by Crippen LogP contribution is -2.43. The summed E-state index contributed by atoms with van der Waals surface area (Å²) < 4.78 is 1.04. The van der Waals surface area contributed by atoms with Crippen LogP contribution in [0.25, 0.3) is 0 Å². The molecule has 1 fully saturated rings. The molecule has 0 radical (unpaired) electrons.